The summed E-state index contributed by atoms with van der Waals surface area (Å²) >= 11 is 0. The molecule has 1 saturated heterocycles. The Labute approximate surface area is 131 Å². The van der Waals surface area contributed by atoms with Crippen LogP contribution in [-0.4, -0.2) is 46.1 Å². The Morgan fingerprint density at radius 3 is 2.48 bits per heavy atom. The molecule has 1 aromatic carbocycles. The zero-order valence-electron chi connectivity index (χ0n) is 12.1. The largest absolute Gasteiger partial charge is 0.493 e. The summed E-state index contributed by atoms with van der Waals surface area (Å²) in [6.07, 6.45) is 1.64. The van der Waals surface area contributed by atoms with Crippen LogP contribution in [-0.2, 0) is 10.0 Å². The average Bonchev–Trinajstić information content (AvgIpc) is 2.46. The fourth-order valence-electron chi connectivity index (χ4n) is 2.32. The fraction of sp³-hybridized carbons (Fsp3) is 0.538. The van der Waals surface area contributed by atoms with E-state index >= 15 is 0 Å². The van der Waals surface area contributed by atoms with E-state index in [2.05, 4.69) is 0 Å². The number of nitrogens with zero attached hydrogens (tertiary/aromatic N) is 1. The van der Waals surface area contributed by atoms with Gasteiger partial charge in [-0.15, -0.1) is 12.4 Å². The van der Waals surface area contributed by atoms with Crippen molar-refractivity contribution in [1.82, 2.24) is 4.31 Å². The van der Waals surface area contributed by atoms with Gasteiger partial charge in [0.2, 0.25) is 10.0 Å². The lowest BCUT2D eigenvalue weighted by atomic mass is 10.1. The van der Waals surface area contributed by atoms with Gasteiger partial charge >= 0.3 is 0 Å². The Morgan fingerprint density at radius 2 is 1.90 bits per heavy atom. The summed E-state index contributed by atoms with van der Waals surface area (Å²) in [5.41, 5.74) is 5.85. The summed E-state index contributed by atoms with van der Waals surface area (Å²) in [7, 11) is -0.548. The molecule has 2 N–H and O–H groups in total. The molecule has 1 heterocycles. The van der Waals surface area contributed by atoms with E-state index in [4.69, 9.17) is 15.2 Å². The van der Waals surface area contributed by atoms with E-state index in [0.717, 1.165) is 12.8 Å². The zero-order valence-corrected chi connectivity index (χ0v) is 13.7. The van der Waals surface area contributed by atoms with Crippen LogP contribution in [0.1, 0.15) is 12.8 Å². The van der Waals surface area contributed by atoms with Gasteiger partial charge in [-0.1, -0.05) is 0 Å². The van der Waals surface area contributed by atoms with Gasteiger partial charge in [-0.25, -0.2) is 8.42 Å². The fourth-order valence-corrected chi connectivity index (χ4v) is 3.87. The highest BCUT2D eigenvalue weighted by Gasteiger charge is 2.29. The first-order chi connectivity index (χ1) is 9.48. The van der Waals surface area contributed by atoms with Crippen molar-refractivity contribution in [3.8, 4) is 11.5 Å². The molecule has 0 bridgehead atoms. The third-order valence-electron chi connectivity index (χ3n) is 3.41. The van der Waals surface area contributed by atoms with Crippen molar-refractivity contribution in [3.63, 3.8) is 0 Å². The monoisotopic (exact) mass is 336 g/mol. The highest BCUT2D eigenvalue weighted by atomic mass is 35.5. The van der Waals surface area contributed by atoms with Crippen LogP contribution in [0.5, 0.6) is 11.5 Å². The van der Waals surface area contributed by atoms with Crippen LogP contribution in [0.25, 0.3) is 0 Å². The minimum atomic E-state index is -3.53. The number of piperidine rings is 1. The minimum absolute atomic E-state index is 0. The van der Waals surface area contributed by atoms with Crippen molar-refractivity contribution in [1.29, 1.82) is 0 Å². The smallest absolute Gasteiger partial charge is 0.243 e. The van der Waals surface area contributed by atoms with E-state index in [9.17, 15) is 8.42 Å². The summed E-state index contributed by atoms with van der Waals surface area (Å²) in [5.74, 6) is 0.900. The predicted molar refractivity (Wildman–Crippen MR) is 82.8 cm³/mol. The predicted octanol–water partition coefficient (Wildman–Crippen LogP) is 1.24. The average molecular weight is 337 g/mol. The number of ether oxygens (including phenoxy) is 2. The van der Waals surface area contributed by atoms with E-state index in [1.807, 2.05) is 0 Å². The molecule has 21 heavy (non-hydrogen) atoms. The number of methoxy groups -OCH3 is 2. The molecule has 0 radical (unpaired) electrons. The minimum Gasteiger partial charge on any atom is -0.493 e. The van der Waals surface area contributed by atoms with Crippen LogP contribution in [0.3, 0.4) is 0 Å². The van der Waals surface area contributed by atoms with Gasteiger partial charge in [-0.2, -0.15) is 4.31 Å². The summed E-state index contributed by atoms with van der Waals surface area (Å²) in [5, 5.41) is 0. The van der Waals surface area contributed by atoms with E-state index in [-0.39, 0.29) is 23.3 Å². The number of rotatable bonds is 4. The molecule has 0 amide bonds. The quantitative estimate of drug-likeness (QED) is 0.894. The molecular formula is C13H21ClN2O4S. The highest BCUT2D eigenvalue weighted by molar-refractivity contribution is 7.89. The second-order valence-corrected chi connectivity index (χ2v) is 6.72. The molecule has 1 atom stereocenters. The summed E-state index contributed by atoms with van der Waals surface area (Å²) < 4.78 is 36.8. The van der Waals surface area contributed by atoms with Crippen LogP contribution in [0.15, 0.2) is 23.1 Å². The summed E-state index contributed by atoms with van der Waals surface area (Å²) in [6, 6.07) is 4.50. The number of benzene rings is 1. The molecule has 0 aromatic heterocycles. The van der Waals surface area contributed by atoms with Crippen LogP contribution in [0.2, 0.25) is 0 Å². The molecule has 1 unspecified atom stereocenters. The van der Waals surface area contributed by atoms with E-state index < -0.39 is 10.0 Å². The van der Waals surface area contributed by atoms with Gasteiger partial charge in [0.25, 0.3) is 0 Å². The number of hydrogen-bond acceptors (Lipinski definition) is 5. The van der Waals surface area contributed by atoms with Gasteiger partial charge in [0, 0.05) is 25.2 Å². The van der Waals surface area contributed by atoms with Gasteiger partial charge in [-0.3, -0.25) is 0 Å². The first-order valence-corrected chi connectivity index (χ1v) is 7.91. The molecule has 6 nitrogen and oxygen atoms in total. The lowest BCUT2D eigenvalue weighted by Gasteiger charge is -2.30. The molecule has 1 aliphatic heterocycles. The maximum Gasteiger partial charge on any atom is 0.243 e. The molecular weight excluding hydrogens is 316 g/mol. The highest BCUT2D eigenvalue weighted by Crippen LogP contribution is 2.31. The molecule has 1 aliphatic rings. The molecule has 1 aromatic rings. The Bertz CT molecular complexity index is 580. The zero-order chi connectivity index (χ0) is 14.8. The number of halogens is 1. The Kier molecular flexibility index (Phi) is 6.27. The molecule has 0 saturated carbocycles. The van der Waals surface area contributed by atoms with Crippen molar-refractivity contribution in [2.45, 2.75) is 23.8 Å². The maximum atomic E-state index is 12.6. The second-order valence-electron chi connectivity index (χ2n) is 4.78. The summed E-state index contributed by atoms with van der Waals surface area (Å²) in [4.78, 5) is 0.198. The molecule has 120 valence electrons. The lowest BCUT2D eigenvalue weighted by Crippen LogP contribution is -2.45. The molecule has 8 heteroatoms. The first kappa shape index (κ1) is 18.0. The van der Waals surface area contributed by atoms with Gasteiger partial charge in [-0.05, 0) is 25.0 Å². The van der Waals surface area contributed by atoms with Gasteiger partial charge in [0.15, 0.2) is 11.5 Å². The van der Waals surface area contributed by atoms with E-state index in [1.54, 1.807) is 6.07 Å². The second kappa shape index (κ2) is 7.31. The van der Waals surface area contributed by atoms with E-state index in [1.165, 1.54) is 30.7 Å². The molecule has 0 aliphatic carbocycles. The van der Waals surface area contributed by atoms with Gasteiger partial charge < -0.3 is 15.2 Å². The van der Waals surface area contributed by atoms with Crippen LogP contribution >= 0.6 is 12.4 Å². The molecule has 1 fully saturated rings. The Morgan fingerprint density at radius 1 is 1.24 bits per heavy atom. The summed E-state index contributed by atoms with van der Waals surface area (Å²) in [6.45, 7) is 0.862. The lowest BCUT2D eigenvalue weighted by molar-refractivity contribution is 0.315. The SMILES string of the molecule is COc1ccc(S(=O)(=O)N2CCCC(N)C2)cc1OC.Cl. The number of hydrogen-bond donors (Lipinski definition) is 1. The van der Waals surface area contributed by atoms with Crippen molar-refractivity contribution in [2.75, 3.05) is 27.3 Å². The standard InChI is InChI=1S/C13H20N2O4S.ClH/c1-18-12-6-5-11(8-13(12)19-2)20(16,17)15-7-3-4-10(14)9-15;/h5-6,8,10H,3-4,7,9,14H2,1-2H3;1H. The Hall–Kier alpha value is -1.02. The Balaban J connectivity index is 0.00000220. The van der Waals surface area contributed by atoms with Crippen LogP contribution in [0.4, 0.5) is 0 Å². The first-order valence-electron chi connectivity index (χ1n) is 6.47. The van der Waals surface area contributed by atoms with Crippen molar-refractivity contribution in [2.24, 2.45) is 5.73 Å². The molecule has 0 spiro atoms. The number of sulfonamides is 1. The third-order valence-corrected chi connectivity index (χ3v) is 5.27. The van der Waals surface area contributed by atoms with Crippen LogP contribution < -0.4 is 15.2 Å². The van der Waals surface area contributed by atoms with Gasteiger partial charge in [0.05, 0.1) is 19.1 Å². The van der Waals surface area contributed by atoms with Crippen LogP contribution in [0, 0.1) is 0 Å². The van der Waals surface area contributed by atoms with E-state index in [0.29, 0.717) is 24.6 Å². The third kappa shape index (κ3) is 3.79. The number of nitrogens with two attached hydrogens (primary N) is 1. The van der Waals surface area contributed by atoms with Crippen molar-refractivity contribution in [3.05, 3.63) is 18.2 Å². The van der Waals surface area contributed by atoms with Crippen molar-refractivity contribution < 1.29 is 17.9 Å². The normalized spacial score (nSPS) is 19.7. The van der Waals surface area contributed by atoms with Gasteiger partial charge in [0.1, 0.15) is 0 Å². The topological polar surface area (TPSA) is 81.9 Å². The molecule has 2 rings (SSSR count). The van der Waals surface area contributed by atoms with Crippen molar-refractivity contribution >= 4 is 22.4 Å². The maximum absolute atomic E-state index is 12.6.